The third-order valence-electron chi connectivity index (χ3n) is 3.25. The van der Waals surface area contributed by atoms with Gasteiger partial charge in [-0.2, -0.15) is 11.8 Å². The summed E-state index contributed by atoms with van der Waals surface area (Å²) in [6, 6.07) is 5.45. The van der Waals surface area contributed by atoms with Crippen LogP contribution in [0.3, 0.4) is 0 Å². The summed E-state index contributed by atoms with van der Waals surface area (Å²) in [6.45, 7) is 1.74. The van der Waals surface area contributed by atoms with Gasteiger partial charge in [-0.15, -0.1) is 0 Å². The minimum absolute atomic E-state index is 0.304. The van der Waals surface area contributed by atoms with E-state index in [1.165, 1.54) is 25.0 Å². The van der Waals surface area contributed by atoms with Crippen LogP contribution in [0.1, 0.15) is 24.8 Å². The molecule has 0 aliphatic carbocycles. The smallest absolute Gasteiger partial charge is 0.123 e. The number of benzene rings is 1. The molecular weight excluding hydrogens is 246 g/mol. The Bertz CT molecular complexity index is 378. The summed E-state index contributed by atoms with van der Waals surface area (Å²) in [4.78, 5) is 0. The number of phenolic OH excluding ortho intramolecular Hbond substituents is 1. The number of phenols is 1. The first kappa shape index (κ1) is 13.6. The summed E-state index contributed by atoms with van der Waals surface area (Å²) in [5.74, 6) is 2.29. The molecule has 2 N–H and O–H groups in total. The molecule has 1 aliphatic rings. The lowest BCUT2D eigenvalue weighted by molar-refractivity contribution is 0.406. The second kappa shape index (κ2) is 6.90. The maximum Gasteiger partial charge on any atom is 0.123 e. The summed E-state index contributed by atoms with van der Waals surface area (Å²) in [5.41, 5.74) is 0.927. The highest BCUT2D eigenvalue weighted by molar-refractivity contribution is 7.99. The van der Waals surface area contributed by atoms with E-state index in [0.29, 0.717) is 18.0 Å². The molecule has 0 radical (unpaired) electrons. The molecule has 1 aliphatic heterocycles. The van der Waals surface area contributed by atoms with Gasteiger partial charge in [0.05, 0.1) is 7.11 Å². The number of nitrogens with one attached hydrogen (secondary N) is 1. The molecule has 4 heteroatoms. The number of rotatable bonds is 5. The predicted molar refractivity (Wildman–Crippen MR) is 76.5 cm³/mol. The Balaban J connectivity index is 1.79. The van der Waals surface area contributed by atoms with E-state index in [-0.39, 0.29) is 0 Å². The third-order valence-corrected chi connectivity index (χ3v) is 4.65. The zero-order chi connectivity index (χ0) is 12.8. The van der Waals surface area contributed by atoms with Crippen molar-refractivity contribution in [3.63, 3.8) is 0 Å². The quantitative estimate of drug-likeness (QED) is 0.861. The first-order chi connectivity index (χ1) is 8.79. The standard InChI is InChI=1S/C14H21NO2S/c1-17-12-6-5-11(14(16)8-12)9-15-10-13-4-2-3-7-18-13/h5-6,8,13,15-16H,2-4,7,9-10H2,1H3. The summed E-state index contributed by atoms with van der Waals surface area (Å²) >= 11 is 2.06. The van der Waals surface area contributed by atoms with E-state index in [9.17, 15) is 5.11 Å². The van der Waals surface area contributed by atoms with Crippen LogP contribution in [0.15, 0.2) is 18.2 Å². The van der Waals surface area contributed by atoms with Crippen molar-refractivity contribution in [3.8, 4) is 11.5 Å². The molecule has 1 unspecified atom stereocenters. The molecule has 100 valence electrons. The van der Waals surface area contributed by atoms with Crippen LogP contribution in [0, 0.1) is 0 Å². The van der Waals surface area contributed by atoms with E-state index in [0.717, 1.165) is 17.4 Å². The molecule has 0 aromatic heterocycles. The highest BCUT2D eigenvalue weighted by Crippen LogP contribution is 2.25. The van der Waals surface area contributed by atoms with Crippen molar-refractivity contribution in [2.24, 2.45) is 0 Å². The van der Waals surface area contributed by atoms with Gasteiger partial charge < -0.3 is 15.2 Å². The van der Waals surface area contributed by atoms with Gasteiger partial charge in [0.15, 0.2) is 0 Å². The predicted octanol–water partition coefficient (Wildman–Crippen LogP) is 2.78. The number of ether oxygens (including phenoxy) is 1. The lowest BCUT2D eigenvalue weighted by atomic mass is 10.1. The number of aromatic hydroxyl groups is 1. The Morgan fingerprint density at radius 2 is 2.33 bits per heavy atom. The fraction of sp³-hybridized carbons (Fsp3) is 0.571. The number of hydrogen-bond acceptors (Lipinski definition) is 4. The minimum Gasteiger partial charge on any atom is -0.507 e. The summed E-state index contributed by atoms with van der Waals surface area (Å²) in [5, 5.41) is 14.0. The van der Waals surface area contributed by atoms with Crippen LogP contribution in [0.2, 0.25) is 0 Å². The Hall–Kier alpha value is -0.870. The van der Waals surface area contributed by atoms with Crippen LogP contribution in [0.25, 0.3) is 0 Å². The molecule has 1 atom stereocenters. The Morgan fingerprint density at radius 3 is 3.00 bits per heavy atom. The van der Waals surface area contributed by atoms with Gasteiger partial charge in [0.2, 0.25) is 0 Å². The second-order valence-corrected chi connectivity index (χ2v) is 6.02. The molecule has 1 saturated heterocycles. The average molecular weight is 267 g/mol. The maximum absolute atomic E-state index is 9.83. The van der Waals surface area contributed by atoms with E-state index in [4.69, 9.17) is 4.74 Å². The van der Waals surface area contributed by atoms with Gasteiger partial charge >= 0.3 is 0 Å². The fourth-order valence-corrected chi connectivity index (χ4v) is 3.43. The largest absolute Gasteiger partial charge is 0.507 e. The van der Waals surface area contributed by atoms with Crippen LogP contribution in [0.5, 0.6) is 11.5 Å². The first-order valence-corrected chi connectivity index (χ1v) is 7.52. The van der Waals surface area contributed by atoms with E-state index in [1.54, 1.807) is 13.2 Å². The molecule has 1 fully saturated rings. The van der Waals surface area contributed by atoms with Crippen molar-refractivity contribution < 1.29 is 9.84 Å². The van der Waals surface area contributed by atoms with Crippen molar-refractivity contribution in [1.82, 2.24) is 5.32 Å². The topological polar surface area (TPSA) is 41.5 Å². The molecule has 1 aromatic carbocycles. The Morgan fingerprint density at radius 1 is 1.44 bits per heavy atom. The van der Waals surface area contributed by atoms with Crippen molar-refractivity contribution in [2.75, 3.05) is 19.4 Å². The normalized spacial score (nSPS) is 19.7. The van der Waals surface area contributed by atoms with E-state index in [2.05, 4.69) is 17.1 Å². The molecule has 18 heavy (non-hydrogen) atoms. The van der Waals surface area contributed by atoms with Crippen LogP contribution in [0.4, 0.5) is 0 Å². The van der Waals surface area contributed by atoms with Gasteiger partial charge in [0.1, 0.15) is 11.5 Å². The van der Waals surface area contributed by atoms with Gasteiger partial charge in [-0.1, -0.05) is 12.5 Å². The molecule has 2 rings (SSSR count). The van der Waals surface area contributed by atoms with E-state index < -0.39 is 0 Å². The summed E-state index contributed by atoms with van der Waals surface area (Å²) < 4.78 is 5.07. The molecule has 0 saturated carbocycles. The number of methoxy groups -OCH3 is 1. The summed E-state index contributed by atoms with van der Waals surface area (Å²) in [6.07, 6.45) is 4.03. The van der Waals surface area contributed by atoms with E-state index in [1.807, 2.05) is 12.1 Å². The molecule has 0 bridgehead atoms. The lowest BCUT2D eigenvalue weighted by Gasteiger charge is -2.21. The van der Waals surface area contributed by atoms with Gasteiger partial charge in [-0.25, -0.2) is 0 Å². The summed E-state index contributed by atoms with van der Waals surface area (Å²) in [7, 11) is 1.60. The first-order valence-electron chi connectivity index (χ1n) is 6.48. The highest BCUT2D eigenvalue weighted by Gasteiger charge is 2.13. The van der Waals surface area contributed by atoms with Crippen molar-refractivity contribution >= 4 is 11.8 Å². The monoisotopic (exact) mass is 267 g/mol. The SMILES string of the molecule is COc1ccc(CNCC2CCCCS2)c(O)c1. The molecule has 1 heterocycles. The maximum atomic E-state index is 9.83. The molecule has 0 spiro atoms. The Kier molecular flexibility index (Phi) is 5.20. The number of thioether (sulfide) groups is 1. The third kappa shape index (κ3) is 3.82. The molecule has 3 nitrogen and oxygen atoms in total. The number of hydrogen-bond donors (Lipinski definition) is 2. The average Bonchev–Trinajstić information content (AvgIpc) is 2.42. The molecule has 1 aromatic rings. The zero-order valence-electron chi connectivity index (χ0n) is 10.8. The fourth-order valence-electron chi connectivity index (χ4n) is 2.16. The van der Waals surface area contributed by atoms with Gasteiger partial charge in [-0.3, -0.25) is 0 Å². The van der Waals surface area contributed by atoms with Crippen LogP contribution in [-0.2, 0) is 6.54 Å². The minimum atomic E-state index is 0.304. The lowest BCUT2D eigenvalue weighted by Crippen LogP contribution is -2.26. The van der Waals surface area contributed by atoms with Crippen LogP contribution >= 0.6 is 11.8 Å². The van der Waals surface area contributed by atoms with E-state index >= 15 is 0 Å². The second-order valence-electron chi connectivity index (χ2n) is 4.61. The van der Waals surface area contributed by atoms with Gasteiger partial charge in [0, 0.05) is 30.0 Å². The highest BCUT2D eigenvalue weighted by atomic mass is 32.2. The van der Waals surface area contributed by atoms with Gasteiger partial charge in [-0.05, 0) is 24.7 Å². The molecule has 0 amide bonds. The Labute approximate surface area is 113 Å². The molecular formula is C14H21NO2S. The van der Waals surface area contributed by atoms with Crippen molar-refractivity contribution in [1.29, 1.82) is 0 Å². The van der Waals surface area contributed by atoms with Crippen LogP contribution in [-0.4, -0.2) is 29.8 Å². The van der Waals surface area contributed by atoms with Crippen molar-refractivity contribution in [2.45, 2.75) is 31.1 Å². The van der Waals surface area contributed by atoms with Crippen molar-refractivity contribution in [3.05, 3.63) is 23.8 Å². The zero-order valence-corrected chi connectivity index (χ0v) is 11.6. The van der Waals surface area contributed by atoms with Crippen LogP contribution < -0.4 is 10.1 Å². The van der Waals surface area contributed by atoms with Gasteiger partial charge in [0.25, 0.3) is 0 Å².